The number of aromatic nitrogens is 1. The summed E-state index contributed by atoms with van der Waals surface area (Å²) in [6, 6.07) is 7.55. The molecule has 0 saturated carbocycles. The highest BCUT2D eigenvalue weighted by atomic mass is 16.5. The fraction of sp³-hybridized carbons (Fsp3) is 0.294. The van der Waals surface area contributed by atoms with Crippen molar-refractivity contribution in [3.05, 3.63) is 58.4 Å². The fourth-order valence-corrected chi connectivity index (χ4v) is 2.29. The molecular formula is C17H19NO2. The molecule has 1 heterocycles. The molecule has 0 fully saturated rings. The third-order valence-electron chi connectivity index (χ3n) is 3.61. The topological polar surface area (TPSA) is 39.2 Å². The van der Waals surface area contributed by atoms with Gasteiger partial charge in [0.2, 0.25) is 5.78 Å². The summed E-state index contributed by atoms with van der Waals surface area (Å²) in [7, 11) is 1.59. The summed E-state index contributed by atoms with van der Waals surface area (Å²) in [5.41, 5.74) is 4.14. The molecule has 1 aromatic carbocycles. The lowest BCUT2D eigenvalue weighted by atomic mass is 9.97. The second-order valence-corrected chi connectivity index (χ2v) is 4.78. The van der Waals surface area contributed by atoms with Gasteiger partial charge < -0.3 is 4.74 Å². The van der Waals surface area contributed by atoms with Gasteiger partial charge in [0.1, 0.15) is 11.4 Å². The van der Waals surface area contributed by atoms with Gasteiger partial charge in [-0.3, -0.25) is 9.78 Å². The molecule has 0 aliphatic heterocycles. The van der Waals surface area contributed by atoms with E-state index in [1.54, 1.807) is 13.3 Å². The van der Waals surface area contributed by atoms with Crippen molar-refractivity contribution in [3.63, 3.8) is 0 Å². The average Bonchev–Trinajstić information content (AvgIpc) is 2.49. The van der Waals surface area contributed by atoms with E-state index in [-0.39, 0.29) is 5.78 Å². The van der Waals surface area contributed by atoms with Crippen LogP contribution in [0.4, 0.5) is 0 Å². The van der Waals surface area contributed by atoms with E-state index in [9.17, 15) is 4.79 Å². The predicted molar refractivity (Wildman–Crippen MR) is 79.5 cm³/mol. The number of ketones is 1. The van der Waals surface area contributed by atoms with Crippen LogP contribution in [0.3, 0.4) is 0 Å². The molecule has 2 aromatic rings. The molecule has 0 aliphatic rings. The number of benzene rings is 1. The molecule has 3 heteroatoms. The zero-order valence-corrected chi connectivity index (χ0v) is 12.4. The number of carbonyl (C=O) groups is 1. The fourth-order valence-electron chi connectivity index (χ4n) is 2.29. The molecule has 0 unspecified atom stereocenters. The number of hydrogen-bond acceptors (Lipinski definition) is 3. The van der Waals surface area contributed by atoms with E-state index in [1.165, 1.54) is 0 Å². The summed E-state index contributed by atoms with van der Waals surface area (Å²) < 4.78 is 5.42. The molecule has 104 valence electrons. The SMILES string of the molecule is CCc1cccnc1C(=O)c1ccc(C)c(C)c1OC. The maximum absolute atomic E-state index is 12.7. The Kier molecular flexibility index (Phi) is 4.18. The van der Waals surface area contributed by atoms with Crippen LogP contribution in [0.15, 0.2) is 30.5 Å². The number of rotatable bonds is 4. The third-order valence-corrected chi connectivity index (χ3v) is 3.61. The minimum atomic E-state index is -0.0811. The van der Waals surface area contributed by atoms with Gasteiger partial charge in [0.25, 0.3) is 0 Å². The van der Waals surface area contributed by atoms with Crippen LogP contribution in [0.5, 0.6) is 5.75 Å². The lowest BCUT2D eigenvalue weighted by Gasteiger charge is -2.13. The first kappa shape index (κ1) is 14.3. The summed E-state index contributed by atoms with van der Waals surface area (Å²) in [4.78, 5) is 17.0. The highest BCUT2D eigenvalue weighted by molar-refractivity contribution is 6.10. The number of nitrogens with zero attached hydrogens (tertiary/aromatic N) is 1. The average molecular weight is 269 g/mol. The normalized spacial score (nSPS) is 10.4. The van der Waals surface area contributed by atoms with Crippen molar-refractivity contribution in [2.24, 2.45) is 0 Å². The van der Waals surface area contributed by atoms with Gasteiger partial charge in [-0.05, 0) is 49.1 Å². The van der Waals surface area contributed by atoms with Crippen LogP contribution in [-0.2, 0) is 6.42 Å². The maximum atomic E-state index is 12.7. The molecule has 1 aromatic heterocycles. The first-order valence-corrected chi connectivity index (χ1v) is 6.72. The zero-order chi connectivity index (χ0) is 14.7. The van der Waals surface area contributed by atoms with E-state index in [0.29, 0.717) is 17.0 Å². The first-order valence-electron chi connectivity index (χ1n) is 6.72. The summed E-state index contributed by atoms with van der Waals surface area (Å²) in [5, 5.41) is 0. The molecule has 0 aliphatic carbocycles. The van der Waals surface area contributed by atoms with Gasteiger partial charge in [-0.25, -0.2) is 0 Å². The van der Waals surface area contributed by atoms with E-state index in [1.807, 2.05) is 45.0 Å². The number of aryl methyl sites for hydroxylation is 2. The van der Waals surface area contributed by atoms with Crippen LogP contribution in [-0.4, -0.2) is 17.9 Å². The molecule has 0 saturated heterocycles. The van der Waals surface area contributed by atoms with Crippen molar-refractivity contribution in [1.82, 2.24) is 4.98 Å². The highest BCUT2D eigenvalue weighted by Gasteiger charge is 2.20. The number of methoxy groups -OCH3 is 1. The summed E-state index contributed by atoms with van der Waals surface area (Å²) >= 11 is 0. The van der Waals surface area contributed by atoms with Crippen molar-refractivity contribution < 1.29 is 9.53 Å². The number of carbonyl (C=O) groups excluding carboxylic acids is 1. The Balaban J connectivity index is 2.57. The molecule has 0 spiro atoms. The van der Waals surface area contributed by atoms with Gasteiger partial charge in [0.15, 0.2) is 0 Å². The maximum Gasteiger partial charge on any atom is 0.215 e. The summed E-state index contributed by atoms with van der Waals surface area (Å²) in [5.74, 6) is 0.560. The van der Waals surface area contributed by atoms with Crippen LogP contribution < -0.4 is 4.74 Å². The molecule has 0 bridgehead atoms. The Morgan fingerprint density at radius 2 is 2.00 bits per heavy atom. The summed E-state index contributed by atoms with van der Waals surface area (Å²) in [6.07, 6.45) is 2.43. The smallest absolute Gasteiger partial charge is 0.215 e. The minimum absolute atomic E-state index is 0.0811. The number of ether oxygens (including phenoxy) is 1. The molecule has 0 amide bonds. The van der Waals surface area contributed by atoms with E-state index < -0.39 is 0 Å². The van der Waals surface area contributed by atoms with Gasteiger partial charge in [-0.2, -0.15) is 0 Å². The lowest BCUT2D eigenvalue weighted by molar-refractivity contribution is 0.103. The monoisotopic (exact) mass is 269 g/mol. The molecular weight excluding hydrogens is 250 g/mol. The molecule has 0 radical (unpaired) electrons. The van der Waals surface area contributed by atoms with Crippen molar-refractivity contribution >= 4 is 5.78 Å². The Labute approximate surface area is 119 Å². The lowest BCUT2D eigenvalue weighted by Crippen LogP contribution is -2.10. The second kappa shape index (κ2) is 5.87. The Hall–Kier alpha value is -2.16. The van der Waals surface area contributed by atoms with Crippen molar-refractivity contribution in [2.45, 2.75) is 27.2 Å². The second-order valence-electron chi connectivity index (χ2n) is 4.78. The summed E-state index contributed by atoms with van der Waals surface area (Å²) in [6.45, 7) is 5.99. The van der Waals surface area contributed by atoms with Gasteiger partial charge in [0, 0.05) is 6.20 Å². The first-order chi connectivity index (χ1) is 9.60. The molecule has 0 atom stereocenters. The van der Waals surface area contributed by atoms with E-state index in [0.717, 1.165) is 23.1 Å². The predicted octanol–water partition coefficient (Wildman–Crippen LogP) is 3.50. The molecule has 0 N–H and O–H groups in total. The van der Waals surface area contributed by atoms with Gasteiger partial charge in [-0.1, -0.05) is 19.1 Å². The zero-order valence-electron chi connectivity index (χ0n) is 12.4. The van der Waals surface area contributed by atoms with E-state index in [2.05, 4.69) is 4.98 Å². The Morgan fingerprint density at radius 1 is 1.25 bits per heavy atom. The van der Waals surface area contributed by atoms with Crippen LogP contribution in [0.1, 0.15) is 39.7 Å². The Bertz CT molecular complexity index is 647. The van der Waals surface area contributed by atoms with Gasteiger partial charge >= 0.3 is 0 Å². The van der Waals surface area contributed by atoms with Crippen molar-refractivity contribution in [2.75, 3.05) is 7.11 Å². The van der Waals surface area contributed by atoms with Crippen LogP contribution in [0, 0.1) is 13.8 Å². The van der Waals surface area contributed by atoms with Crippen LogP contribution in [0.2, 0.25) is 0 Å². The largest absolute Gasteiger partial charge is 0.496 e. The minimum Gasteiger partial charge on any atom is -0.496 e. The third kappa shape index (κ3) is 2.44. The van der Waals surface area contributed by atoms with E-state index in [4.69, 9.17) is 4.74 Å². The van der Waals surface area contributed by atoms with Crippen molar-refractivity contribution in [3.8, 4) is 5.75 Å². The number of pyridine rings is 1. The van der Waals surface area contributed by atoms with Crippen molar-refractivity contribution in [1.29, 1.82) is 0 Å². The molecule has 20 heavy (non-hydrogen) atoms. The Morgan fingerprint density at radius 3 is 2.65 bits per heavy atom. The van der Waals surface area contributed by atoms with Crippen LogP contribution in [0.25, 0.3) is 0 Å². The van der Waals surface area contributed by atoms with Gasteiger partial charge in [-0.15, -0.1) is 0 Å². The standard InChI is InChI=1S/C17H19NO2/c1-5-13-7-6-10-18-15(13)16(19)14-9-8-11(2)12(3)17(14)20-4/h6-10H,5H2,1-4H3. The van der Waals surface area contributed by atoms with E-state index >= 15 is 0 Å². The van der Waals surface area contributed by atoms with Gasteiger partial charge in [0.05, 0.1) is 12.7 Å². The molecule has 2 rings (SSSR count). The number of hydrogen-bond donors (Lipinski definition) is 0. The highest BCUT2D eigenvalue weighted by Crippen LogP contribution is 2.28. The molecule has 3 nitrogen and oxygen atoms in total. The van der Waals surface area contributed by atoms with Crippen LogP contribution >= 0.6 is 0 Å². The quantitative estimate of drug-likeness (QED) is 0.797.